The first kappa shape index (κ1) is 20.9. The number of aromatic nitrogens is 2. The largest absolute Gasteiger partial charge is 0.350 e. The fourth-order valence-corrected chi connectivity index (χ4v) is 2.98. The summed E-state index contributed by atoms with van der Waals surface area (Å²) < 4.78 is 0. The average molecular weight is 411 g/mol. The van der Waals surface area contributed by atoms with Crippen LogP contribution in [0.1, 0.15) is 55.4 Å². The lowest BCUT2D eigenvalue weighted by Gasteiger charge is -2.15. The molecule has 156 valence electrons. The van der Waals surface area contributed by atoms with Crippen LogP contribution in [0.15, 0.2) is 35.1 Å². The molecule has 3 N–H and O–H groups in total. The van der Waals surface area contributed by atoms with Gasteiger partial charge >= 0.3 is 0 Å². The quantitative estimate of drug-likeness (QED) is 0.438. The predicted octanol–water partition coefficient (Wildman–Crippen LogP) is 0.182. The van der Waals surface area contributed by atoms with E-state index in [1.807, 2.05) is 13.8 Å². The van der Waals surface area contributed by atoms with Crippen molar-refractivity contribution in [3.8, 4) is 0 Å². The number of carbonyl (C=O) groups is 4. The van der Waals surface area contributed by atoms with E-state index >= 15 is 0 Å². The molecule has 0 unspecified atom stereocenters. The molecule has 0 saturated carbocycles. The summed E-state index contributed by atoms with van der Waals surface area (Å²) >= 11 is 0. The maximum atomic E-state index is 12.5. The van der Waals surface area contributed by atoms with Crippen molar-refractivity contribution in [2.24, 2.45) is 5.92 Å². The summed E-state index contributed by atoms with van der Waals surface area (Å²) in [5, 5.41) is 11.0. The Bertz CT molecular complexity index is 1060. The molecular weight excluding hydrogens is 390 g/mol. The van der Waals surface area contributed by atoms with Crippen molar-refractivity contribution in [3.63, 3.8) is 0 Å². The molecule has 0 atom stereocenters. The molecule has 4 amide bonds. The minimum absolute atomic E-state index is 0.0497. The van der Waals surface area contributed by atoms with Gasteiger partial charge in [-0.3, -0.25) is 28.9 Å². The van der Waals surface area contributed by atoms with Gasteiger partial charge in [-0.1, -0.05) is 13.8 Å². The van der Waals surface area contributed by atoms with Gasteiger partial charge in [0.15, 0.2) is 0 Å². The van der Waals surface area contributed by atoms with Crippen molar-refractivity contribution in [2.75, 3.05) is 19.6 Å². The van der Waals surface area contributed by atoms with Gasteiger partial charge in [0.05, 0.1) is 11.1 Å². The van der Waals surface area contributed by atoms with Gasteiger partial charge in [0.2, 0.25) is 0 Å². The number of carbonyl (C=O) groups excluding carboxylic acids is 4. The molecule has 30 heavy (non-hydrogen) atoms. The average Bonchev–Trinajstić information content (AvgIpc) is 2.95. The molecule has 0 spiro atoms. The first-order chi connectivity index (χ1) is 14.3. The number of aromatic amines is 1. The molecule has 1 aromatic carbocycles. The zero-order valence-electron chi connectivity index (χ0n) is 16.5. The Labute approximate surface area is 171 Å². The summed E-state index contributed by atoms with van der Waals surface area (Å²) in [6, 6.07) is 6.85. The van der Waals surface area contributed by atoms with E-state index in [-0.39, 0.29) is 47.3 Å². The van der Waals surface area contributed by atoms with E-state index in [1.54, 1.807) is 0 Å². The van der Waals surface area contributed by atoms with Crippen molar-refractivity contribution >= 4 is 23.6 Å². The minimum atomic E-state index is -0.493. The molecule has 10 heteroatoms. The Morgan fingerprint density at radius 1 is 0.967 bits per heavy atom. The first-order valence-corrected chi connectivity index (χ1v) is 9.40. The molecule has 0 fully saturated rings. The van der Waals surface area contributed by atoms with E-state index in [1.165, 1.54) is 35.2 Å². The van der Waals surface area contributed by atoms with Crippen molar-refractivity contribution in [1.82, 2.24) is 25.7 Å². The number of rotatable bonds is 7. The molecule has 3 rings (SSSR count). The Kier molecular flexibility index (Phi) is 6.05. The fourth-order valence-electron chi connectivity index (χ4n) is 2.98. The maximum absolute atomic E-state index is 12.5. The Morgan fingerprint density at radius 2 is 1.63 bits per heavy atom. The standard InChI is InChI=1S/C20H21N5O5/c1-11(2)10-25-19(29)13-4-3-12(9-14(13)20(25)30)17(27)21-7-8-22-18(28)15-5-6-16(26)24-23-15/h3-6,9,11H,7-8,10H2,1-2H3,(H,21,27)(H,22,28)(H,24,26). The van der Waals surface area contributed by atoms with Crippen molar-refractivity contribution in [3.05, 3.63) is 63.1 Å². The first-order valence-electron chi connectivity index (χ1n) is 9.40. The number of H-pyrrole nitrogens is 1. The van der Waals surface area contributed by atoms with E-state index in [4.69, 9.17) is 0 Å². The van der Waals surface area contributed by atoms with Gasteiger partial charge in [0.25, 0.3) is 29.2 Å². The second-order valence-electron chi connectivity index (χ2n) is 7.19. The summed E-state index contributed by atoms with van der Waals surface area (Å²) in [7, 11) is 0. The molecular formula is C20H21N5O5. The normalized spacial score (nSPS) is 12.8. The lowest BCUT2D eigenvalue weighted by Crippen LogP contribution is -2.35. The summed E-state index contributed by atoms with van der Waals surface area (Å²) in [5.41, 5.74) is 0.382. The van der Waals surface area contributed by atoms with Crippen LogP contribution in [0.3, 0.4) is 0 Å². The van der Waals surface area contributed by atoms with Crippen molar-refractivity contribution in [2.45, 2.75) is 13.8 Å². The highest BCUT2D eigenvalue weighted by atomic mass is 16.2. The molecule has 0 radical (unpaired) electrons. The smallest absolute Gasteiger partial charge is 0.271 e. The van der Waals surface area contributed by atoms with Crippen molar-refractivity contribution in [1.29, 1.82) is 0 Å². The number of hydrogen-bond donors (Lipinski definition) is 3. The van der Waals surface area contributed by atoms with Gasteiger partial charge < -0.3 is 10.6 Å². The van der Waals surface area contributed by atoms with E-state index in [9.17, 15) is 24.0 Å². The van der Waals surface area contributed by atoms with E-state index < -0.39 is 23.3 Å². The zero-order chi connectivity index (χ0) is 21.8. The van der Waals surface area contributed by atoms with E-state index in [0.29, 0.717) is 6.54 Å². The number of nitrogens with one attached hydrogen (secondary N) is 3. The number of amides is 4. The lowest BCUT2D eigenvalue weighted by molar-refractivity contribution is 0.0635. The molecule has 1 aromatic heterocycles. The lowest BCUT2D eigenvalue weighted by atomic mass is 10.1. The highest BCUT2D eigenvalue weighted by Crippen LogP contribution is 2.24. The number of benzene rings is 1. The summed E-state index contributed by atoms with van der Waals surface area (Å²) in [6.45, 7) is 4.41. The molecule has 10 nitrogen and oxygen atoms in total. The van der Waals surface area contributed by atoms with Gasteiger partial charge in [-0.2, -0.15) is 5.10 Å². The van der Waals surface area contributed by atoms with Crippen LogP contribution in [0.25, 0.3) is 0 Å². The molecule has 0 saturated heterocycles. The van der Waals surface area contributed by atoms with Crippen LogP contribution in [-0.4, -0.2) is 58.4 Å². The fraction of sp³-hybridized carbons (Fsp3) is 0.300. The van der Waals surface area contributed by atoms with Crippen LogP contribution in [-0.2, 0) is 0 Å². The third-order valence-corrected chi connectivity index (χ3v) is 4.39. The summed E-state index contributed by atoms with van der Waals surface area (Å²) in [5.74, 6) is -1.55. The van der Waals surface area contributed by atoms with E-state index in [0.717, 1.165) is 0 Å². The molecule has 2 heterocycles. The third-order valence-electron chi connectivity index (χ3n) is 4.39. The Balaban J connectivity index is 1.56. The number of imide groups is 1. The van der Waals surface area contributed by atoms with Crippen LogP contribution in [0.2, 0.25) is 0 Å². The number of nitrogens with zero attached hydrogens (tertiary/aromatic N) is 2. The van der Waals surface area contributed by atoms with Gasteiger partial charge in [-0.05, 0) is 30.2 Å². The topological polar surface area (TPSA) is 141 Å². The van der Waals surface area contributed by atoms with E-state index in [2.05, 4.69) is 20.8 Å². The van der Waals surface area contributed by atoms with Crippen LogP contribution < -0.4 is 16.2 Å². The minimum Gasteiger partial charge on any atom is -0.350 e. The summed E-state index contributed by atoms with van der Waals surface area (Å²) in [6.07, 6.45) is 0. The van der Waals surface area contributed by atoms with Crippen molar-refractivity contribution < 1.29 is 19.2 Å². The Morgan fingerprint density at radius 3 is 2.27 bits per heavy atom. The highest BCUT2D eigenvalue weighted by Gasteiger charge is 2.36. The van der Waals surface area contributed by atoms with Crippen LogP contribution >= 0.6 is 0 Å². The third kappa shape index (κ3) is 4.43. The van der Waals surface area contributed by atoms with Crippen LogP contribution in [0, 0.1) is 5.92 Å². The maximum Gasteiger partial charge on any atom is 0.271 e. The molecule has 1 aliphatic rings. The van der Waals surface area contributed by atoms with Gasteiger partial charge in [0.1, 0.15) is 5.69 Å². The molecule has 0 aliphatic carbocycles. The van der Waals surface area contributed by atoms with Gasteiger partial charge in [-0.15, -0.1) is 0 Å². The highest BCUT2D eigenvalue weighted by molar-refractivity contribution is 6.22. The second-order valence-corrected chi connectivity index (χ2v) is 7.19. The molecule has 0 bridgehead atoms. The predicted molar refractivity (Wildman–Crippen MR) is 106 cm³/mol. The second kappa shape index (κ2) is 8.68. The molecule has 2 aromatic rings. The van der Waals surface area contributed by atoms with Crippen LogP contribution in [0.5, 0.6) is 0 Å². The summed E-state index contributed by atoms with van der Waals surface area (Å²) in [4.78, 5) is 61.3. The zero-order valence-corrected chi connectivity index (χ0v) is 16.5. The van der Waals surface area contributed by atoms with Crippen LogP contribution in [0.4, 0.5) is 0 Å². The monoisotopic (exact) mass is 411 g/mol. The molecule has 1 aliphatic heterocycles. The number of hydrogen-bond acceptors (Lipinski definition) is 6. The number of fused-ring (bicyclic) bond motifs is 1. The van der Waals surface area contributed by atoms with Gasteiger partial charge in [-0.25, -0.2) is 5.10 Å². The van der Waals surface area contributed by atoms with Gasteiger partial charge in [0, 0.05) is 31.3 Å². The Hall–Kier alpha value is -3.82. The SMILES string of the molecule is CC(C)CN1C(=O)c2ccc(C(=O)NCCNC(=O)c3ccc(=O)[nH]n3)cc2C1=O.